The van der Waals surface area contributed by atoms with Crippen molar-refractivity contribution in [2.24, 2.45) is 10.2 Å². The van der Waals surface area contributed by atoms with Crippen molar-refractivity contribution in [1.82, 2.24) is 14.5 Å². The van der Waals surface area contributed by atoms with Crippen LogP contribution in [-0.4, -0.2) is 56.4 Å². The van der Waals surface area contributed by atoms with Crippen LogP contribution in [0.15, 0.2) is 52.8 Å². The van der Waals surface area contributed by atoms with Crippen LogP contribution in [0.1, 0.15) is 44.2 Å². The Morgan fingerprint density at radius 1 is 1.21 bits per heavy atom. The van der Waals surface area contributed by atoms with Gasteiger partial charge >= 0.3 is 0 Å². The van der Waals surface area contributed by atoms with Crippen LogP contribution in [0.2, 0.25) is 0 Å². The summed E-state index contributed by atoms with van der Waals surface area (Å²) in [6.07, 6.45) is 4.32. The highest BCUT2D eigenvalue weighted by molar-refractivity contribution is 6.17. The number of aromatic nitrogens is 2. The molecule has 0 radical (unpaired) electrons. The maximum atomic E-state index is 9.68. The van der Waals surface area contributed by atoms with Crippen molar-refractivity contribution < 1.29 is 5.11 Å². The number of aliphatic hydroxyl groups excluding tert-OH is 1. The SMILES string of the molecule is CC(C)Nc1cc(-c2ccc3cc(C#N)cnn23)ccc1C1=NN=C(N2CCC[C@H]2CO)C1. The van der Waals surface area contributed by atoms with Crippen LogP contribution in [0.3, 0.4) is 0 Å². The van der Waals surface area contributed by atoms with Crippen LogP contribution in [0, 0.1) is 11.3 Å². The van der Waals surface area contributed by atoms with E-state index in [1.54, 1.807) is 6.20 Å². The lowest BCUT2D eigenvalue weighted by atomic mass is 10.0. The number of aliphatic hydroxyl groups is 1. The summed E-state index contributed by atoms with van der Waals surface area (Å²) in [7, 11) is 0. The smallest absolute Gasteiger partial charge is 0.134 e. The van der Waals surface area contributed by atoms with E-state index in [1.807, 2.05) is 22.7 Å². The third-order valence-electron chi connectivity index (χ3n) is 6.23. The first kappa shape index (κ1) is 21.2. The number of likely N-dealkylation sites (tertiary alicyclic amines) is 1. The van der Waals surface area contributed by atoms with E-state index in [0.717, 1.165) is 59.0 Å². The first-order valence-corrected chi connectivity index (χ1v) is 11.4. The molecule has 8 heteroatoms. The molecular formula is C25H27N7O. The summed E-state index contributed by atoms with van der Waals surface area (Å²) in [5, 5.41) is 35.8. The topological polar surface area (TPSA) is 101 Å². The Labute approximate surface area is 192 Å². The molecule has 0 aliphatic carbocycles. The highest BCUT2D eigenvalue weighted by Gasteiger charge is 2.30. The average molecular weight is 442 g/mol. The zero-order chi connectivity index (χ0) is 22.9. The fourth-order valence-electron chi connectivity index (χ4n) is 4.68. The zero-order valence-electron chi connectivity index (χ0n) is 18.9. The molecule has 0 unspecified atom stereocenters. The van der Waals surface area contributed by atoms with Gasteiger partial charge in [0.2, 0.25) is 0 Å². The molecule has 4 heterocycles. The van der Waals surface area contributed by atoms with Gasteiger partial charge in [-0.2, -0.15) is 15.5 Å². The predicted octanol–water partition coefficient (Wildman–Crippen LogP) is 3.66. The molecule has 2 aromatic heterocycles. The summed E-state index contributed by atoms with van der Waals surface area (Å²) in [4.78, 5) is 2.20. The highest BCUT2D eigenvalue weighted by atomic mass is 16.3. The van der Waals surface area contributed by atoms with E-state index in [0.29, 0.717) is 12.0 Å². The maximum absolute atomic E-state index is 9.68. The monoisotopic (exact) mass is 441 g/mol. The molecule has 1 saturated heterocycles. The molecule has 1 aromatic carbocycles. The predicted molar refractivity (Wildman–Crippen MR) is 130 cm³/mol. The minimum absolute atomic E-state index is 0.144. The van der Waals surface area contributed by atoms with Crippen LogP contribution < -0.4 is 5.32 Å². The summed E-state index contributed by atoms with van der Waals surface area (Å²) in [5.41, 5.74) is 6.38. The second-order valence-electron chi connectivity index (χ2n) is 8.88. The van der Waals surface area contributed by atoms with Gasteiger partial charge in [-0.1, -0.05) is 12.1 Å². The first-order valence-electron chi connectivity index (χ1n) is 11.4. The molecular weight excluding hydrogens is 414 g/mol. The number of anilines is 1. The van der Waals surface area contributed by atoms with Gasteiger partial charge in [0.05, 0.1) is 47.8 Å². The second kappa shape index (κ2) is 8.68. The molecule has 0 spiro atoms. The summed E-state index contributed by atoms with van der Waals surface area (Å²) in [6, 6.07) is 14.7. The van der Waals surface area contributed by atoms with Crippen molar-refractivity contribution in [3.8, 4) is 17.3 Å². The molecule has 168 valence electrons. The van der Waals surface area contributed by atoms with Gasteiger partial charge in [0, 0.05) is 29.4 Å². The van der Waals surface area contributed by atoms with Gasteiger partial charge in [0.25, 0.3) is 0 Å². The van der Waals surface area contributed by atoms with Crippen LogP contribution in [0.25, 0.3) is 16.8 Å². The van der Waals surface area contributed by atoms with Gasteiger partial charge < -0.3 is 15.3 Å². The average Bonchev–Trinajstić information content (AvgIpc) is 3.56. The van der Waals surface area contributed by atoms with Crippen LogP contribution in [0.4, 0.5) is 5.69 Å². The minimum atomic E-state index is 0.144. The number of nitriles is 1. The summed E-state index contributed by atoms with van der Waals surface area (Å²) >= 11 is 0. The number of hydrogen-bond acceptors (Lipinski definition) is 7. The maximum Gasteiger partial charge on any atom is 0.134 e. The number of nitrogens with zero attached hydrogens (tertiary/aromatic N) is 6. The molecule has 2 N–H and O–H groups in total. The lowest BCUT2D eigenvalue weighted by molar-refractivity contribution is 0.207. The Balaban J connectivity index is 1.46. The van der Waals surface area contributed by atoms with E-state index in [-0.39, 0.29) is 18.7 Å². The number of amidine groups is 1. The van der Waals surface area contributed by atoms with E-state index in [2.05, 4.69) is 63.6 Å². The van der Waals surface area contributed by atoms with Gasteiger partial charge in [-0.25, -0.2) is 4.52 Å². The molecule has 2 aliphatic heterocycles. The van der Waals surface area contributed by atoms with Crippen molar-refractivity contribution in [3.63, 3.8) is 0 Å². The molecule has 5 rings (SSSR count). The zero-order valence-corrected chi connectivity index (χ0v) is 18.9. The van der Waals surface area contributed by atoms with E-state index in [4.69, 9.17) is 5.26 Å². The van der Waals surface area contributed by atoms with Gasteiger partial charge in [0.1, 0.15) is 11.9 Å². The van der Waals surface area contributed by atoms with Crippen LogP contribution >= 0.6 is 0 Å². The Morgan fingerprint density at radius 2 is 2.09 bits per heavy atom. The number of fused-ring (bicyclic) bond motifs is 1. The summed E-state index contributed by atoms with van der Waals surface area (Å²) < 4.78 is 1.85. The van der Waals surface area contributed by atoms with Gasteiger partial charge in [-0.15, -0.1) is 5.10 Å². The minimum Gasteiger partial charge on any atom is -0.394 e. The molecule has 2 aliphatic rings. The van der Waals surface area contributed by atoms with Crippen molar-refractivity contribution in [3.05, 3.63) is 53.7 Å². The van der Waals surface area contributed by atoms with E-state index >= 15 is 0 Å². The molecule has 3 aromatic rings. The van der Waals surface area contributed by atoms with Gasteiger partial charge in [-0.3, -0.25) is 0 Å². The Morgan fingerprint density at radius 3 is 2.88 bits per heavy atom. The van der Waals surface area contributed by atoms with Crippen LogP contribution in [0.5, 0.6) is 0 Å². The van der Waals surface area contributed by atoms with Gasteiger partial charge in [-0.05, 0) is 51.0 Å². The Hall–Kier alpha value is -3.70. The van der Waals surface area contributed by atoms with E-state index in [9.17, 15) is 5.11 Å². The molecule has 0 amide bonds. The molecule has 33 heavy (non-hydrogen) atoms. The number of hydrogen-bond donors (Lipinski definition) is 2. The number of benzene rings is 1. The third kappa shape index (κ3) is 3.96. The summed E-state index contributed by atoms with van der Waals surface area (Å²) in [5.74, 6) is 0.941. The number of rotatable bonds is 5. The standard InChI is InChI=1S/C25H27N7O/c1-16(2)28-22-11-18(24-8-6-19-10-17(13-26)14-27-32(19)24)5-7-21(22)23-12-25(30-29-23)31-9-3-4-20(31)15-33/h5-8,10-11,14,16,20,28,33H,3-4,9,12,15H2,1-2H3/t20-/m0/s1. The summed E-state index contributed by atoms with van der Waals surface area (Å²) in [6.45, 7) is 5.30. The van der Waals surface area contributed by atoms with E-state index in [1.165, 1.54) is 0 Å². The first-order chi connectivity index (χ1) is 16.1. The van der Waals surface area contributed by atoms with Crippen molar-refractivity contribution >= 4 is 22.8 Å². The van der Waals surface area contributed by atoms with Crippen molar-refractivity contribution in [2.75, 3.05) is 18.5 Å². The Kier molecular flexibility index (Phi) is 5.56. The lowest BCUT2D eigenvalue weighted by Gasteiger charge is -2.24. The third-order valence-corrected chi connectivity index (χ3v) is 6.23. The molecule has 1 atom stereocenters. The largest absolute Gasteiger partial charge is 0.394 e. The van der Waals surface area contributed by atoms with Gasteiger partial charge in [0.15, 0.2) is 0 Å². The molecule has 1 fully saturated rings. The normalized spacial score (nSPS) is 18.0. The lowest BCUT2D eigenvalue weighted by Crippen LogP contribution is -2.37. The molecule has 0 bridgehead atoms. The Bertz CT molecular complexity index is 1300. The van der Waals surface area contributed by atoms with Crippen molar-refractivity contribution in [1.29, 1.82) is 5.26 Å². The van der Waals surface area contributed by atoms with Crippen molar-refractivity contribution in [2.45, 2.75) is 45.2 Å². The van der Waals surface area contributed by atoms with E-state index < -0.39 is 0 Å². The fraction of sp³-hybridized carbons (Fsp3) is 0.360. The fourth-order valence-corrected chi connectivity index (χ4v) is 4.68. The second-order valence-corrected chi connectivity index (χ2v) is 8.88. The number of nitrogens with one attached hydrogen (secondary N) is 1. The molecule has 8 nitrogen and oxygen atoms in total. The van der Waals surface area contributed by atoms with Crippen LogP contribution in [-0.2, 0) is 0 Å². The molecule has 0 saturated carbocycles. The highest BCUT2D eigenvalue weighted by Crippen LogP contribution is 2.31. The quantitative estimate of drug-likeness (QED) is 0.629.